The number of hydrogen-bond donors (Lipinski definition) is 1. The molecule has 1 rings (SSSR count). The molecule has 19 heavy (non-hydrogen) atoms. The molecule has 0 aliphatic heterocycles. The van der Waals surface area contributed by atoms with E-state index in [1.165, 1.54) is 13.0 Å². The van der Waals surface area contributed by atoms with E-state index >= 15 is 0 Å². The summed E-state index contributed by atoms with van der Waals surface area (Å²) >= 11 is 0.602. The minimum absolute atomic E-state index is 0.00197. The van der Waals surface area contributed by atoms with E-state index in [0.29, 0.717) is 11.3 Å². The normalized spacial score (nSPS) is 12.3. The van der Waals surface area contributed by atoms with E-state index in [9.17, 15) is 21.6 Å². The number of carbonyl (C=O) groups excluding carboxylic acids is 1. The van der Waals surface area contributed by atoms with Gasteiger partial charge in [-0.15, -0.1) is 11.3 Å². The third-order valence-electron chi connectivity index (χ3n) is 2.01. The smallest absolute Gasteiger partial charge is 0.302 e. The first-order chi connectivity index (χ1) is 8.63. The van der Waals surface area contributed by atoms with Crippen molar-refractivity contribution in [3.05, 3.63) is 12.1 Å². The number of nitrogens with two attached hydrogens (primary N) is 1. The van der Waals surface area contributed by atoms with Crippen LogP contribution in [0.2, 0.25) is 0 Å². The molecule has 0 fully saturated rings. The number of thiophene rings is 1. The van der Waals surface area contributed by atoms with Gasteiger partial charge in [-0.3, -0.25) is 4.79 Å². The molecule has 0 saturated carbocycles. The van der Waals surface area contributed by atoms with E-state index in [4.69, 9.17) is 5.14 Å². The number of sulfone groups is 1. The average Bonchev–Trinajstić information content (AvgIpc) is 2.73. The van der Waals surface area contributed by atoms with Gasteiger partial charge in [0, 0.05) is 6.92 Å². The molecule has 0 radical (unpaired) electrons. The van der Waals surface area contributed by atoms with Crippen molar-refractivity contribution >= 4 is 37.2 Å². The second-order valence-corrected chi connectivity index (χ2v) is 8.84. The molecule has 7 nitrogen and oxygen atoms in total. The Bertz CT molecular complexity index is 658. The Morgan fingerprint density at radius 2 is 1.84 bits per heavy atom. The van der Waals surface area contributed by atoms with Crippen LogP contribution in [-0.4, -0.2) is 35.2 Å². The van der Waals surface area contributed by atoms with Crippen LogP contribution in [-0.2, 0) is 29.4 Å². The van der Waals surface area contributed by atoms with Crippen molar-refractivity contribution in [1.29, 1.82) is 0 Å². The SMILES string of the molecule is CC(=O)OCCCS(=O)(=O)c1ccc(S(N)(=O)=O)s1. The maximum absolute atomic E-state index is 11.9. The molecular formula is C9H13NO6S3. The summed E-state index contributed by atoms with van der Waals surface area (Å²) in [6.07, 6.45) is 0.143. The van der Waals surface area contributed by atoms with E-state index < -0.39 is 25.8 Å². The van der Waals surface area contributed by atoms with Crippen LogP contribution in [0.25, 0.3) is 0 Å². The fraction of sp³-hybridized carbons (Fsp3) is 0.444. The zero-order valence-corrected chi connectivity index (χ0v) is 12.5. The molecule has 0 aromatic carbocycles. The topological polar surface area (TPSA) is 121 Å². The number of carbonyl (C=O) groups is 1. The summed E-state index contributed by atoms with van der Waals surface area (Å²) in [5.41, 5.74) is 0. The van der Waals surface area contributed by atoms with Gasteiger partial charge in [-0.1, -0.05) is 0 Å². The molecule has 0 unspecified atom stereocenters. The molecule has 0 aliphatic carbocycles. The lowest BCUT2D eigenvalue weighted by atomic mass is 10.5. The van der Waals surface area contributed by atoms with Crippen molar-refractivity contribution in [1.82, 2.24) is 0 Å². The van der Waals surface area contributed by atoms with Gasteiger partial charge in [0.25, 0.3) is 0 Å². The predicted octanol–water partition coefficient (Wildman–Crippen LogP) is 0.122. The van der Waals surface area contributed by atoms with Gasteiger partial charge in [-0.25, -0.2) is 22.0 Å². The van der Waals surface area contributed by atoms with Crippen molar-refractivity contribution in [2.45, 2.75) is 21.8 Å². The summed E-state index contributed by atoms with van der Waals surface area (Å²) in [6.45, 7) is 1.23. The first-order valence-electron chi connectivity index (χ1n) is 5.12. The van der Waals surface area contributed by atoms with Crippen LogP contribution in [0.1, 0.15) is 13.3 Å². The monoisotopic (exact) mass is 327 g/mol. The van der Waals surface area contributed by atoms with Gasteiger partial charge in [-0.2, -0.15) is 0 Å². The van der Waals surface area contributed by atoms with E-state index in [0.717, 1.165) is 6.07 Å². The zero-order chi connectivity index (χ0) is 14.7. The summed E-state index contributed by atoms with van der Waals surface area (Å²) in [7, 11) is -7.48. The van der Waals surface area contributed by atoms with Crippen LogP contribution >= 0.6 is 11.3 Å². The molecule has 1 aromatic heterocycles. The number of rotatable bonds is 6. The van der Waals surface area contributed by atoms with Crippen LogP contribution in [0.15, 0.2) is 20.6 Å². The molecule has 0 bridgehead atoms. The average molecular weight is 327 g/mol. The molecule has 0 spiro atoms. The largest absolute Gasteiger partial charge is 0.466 e. The number of primary sulfonamides is 1. The second-order valence-electron chi connectivity index (χ2n) is 3.63. The van der Waals surface area contributed by atoms with Gasteiger partial charge >= 0.3 is 5.97 Å². The highest BCUT2D eigenvalue weighted by Crippen LogP contribution is 2.25. The first kappa shape index (κ1) is 16.1. The summed E-state index contributed by atoms with van der Waals surface area (Å²) in [6, 6.07) is 2.35. The molecule has 108 valence electrons. The number of ether oxygens (including phenoxy) is 1. The Morgan fingerprint density at radius 3 is 2.32 bits per heavy atom. The quantitative estimate of drug-likeness (QED) is 0.585. The van der Waals surface area contributed by atoms with Crippen LogP contribution < -0.4 is 5.14 Å². The lowest BCUT2D eigenvalue weighted by molar-refractivity contribution is -0.140. The van der Waals surface area contributed by atoms with Gasteiger partial charge in [0.1, 0.15) is 8.42 Å². The summed E-state index contributed by atoms with van der Waals surface area (Å²) in [4.78, 5) is 10.5. The van der Waals surface area contributed by atoms with E-state index in [-0.39, 0.29) is 27.2 Å². The number of hydrogen-bond acceptors (Lipinski definition) is 7. The zero-order valence-electron chi connectivity index (χ0n) is 10.0. The van der Waals surface area contributed by atoms with Crippen LogP contribution in [0.5, 0.6) is 0 Å². The summed E-state index contributed by atoms with van der Waals surface area (Å²) in [5, 5.41) is 4.90. The maximum Gasteiger partial charge on any atom is 0.302 e. The first-order valence-corrected chi connectivity index (χ1v) is 9.13. The minimum atomic E-state index is -3.89. The molecule has 1 aromatic rings. The molecule has 0 atom stereocenters. The fourth-order valence-electron chi connectivity index (χ4n) is 1.19. The summed E-state index contributed by atoms with van der Waals surface area (Å²) in [5.74, 6) is -0.713. The molecule has 0 aliphatic rings. The summed E-state index contributed by atoms with van der Waals surface area (Å²) < 4.78 is 50.1. The van der Waals surface area contributed by atoms with Gasteiger partial charge in [0.2, 0.25) is 10.0 Å². The number of sulfonamides is 1. The van der Waals surface area contributed by atoms with Crippen molar-refractivity contribution in [2.75, 3.05) is 12.4 Å². The standard InChI is InChI=1S/C9H13NO6S3/c1-7(11)16-5-2-6-18(12,13)8-3-4-9(17-8)19(10,14)15/h3-4H,2,5-6H2,1H3,(H2,10,14,15). The predicted molar refractivity (Wildman–Crippen MR) is 69.0 cm³/mol. The molecule has 0 saturated heterocycles. The Hall–Kier alpha value is -0.970. The molecule has 10 heteroatoms. The molecule has 0 amide bonds. The highest BCUT2D eigenvalue weighted by Gasteiger charge is 2.20. The molecule has 1 heterocycles. The highest BCUT2D eigenvalue weighted by molar-refractivity contribution is 7.95. The minimum Gasteiger partial charge on any atom is -0.466 e. The third-order valence-corrected chi connectivity index (χ3v) is 6.91. The van der Waals surface area contributed by atoms with Gasteiger partial charge in [0.05, 0.1) is 12.4 Å². The van der Waals surface area contributed by atoms with Gasteiger partial charge < -0.3 is 4.74 Å². The molecular weight excluding hydrogens is 314 g/mol. The van der Waals surface area contributed by atoms with Crippen LogP contribution in [0.3, 0.4) is 0 Å². The number of esters is 1. The third kappa shape index (κ3) is 4.90. The van der Waals surface area contributed by atoms with E-state index in [2.05, 4.69) is 4.74 Å². The Kier molecular flexibility index (Phi) is 5.07. The van der Waals surface area contributed by atoms with E-state index in [1.807, 2.05) is 0 Å². The van der Waals surface area contributed by atoms with Crippen molar-refractivity contribution in [2.24, 2.45) is 5.14 Å². The second kappa shape index (κ2) is 5.99. The lowest BCUT2D eigenvalue weighted by Gasteiger charge is -2.02. The highest BCUT2D eigenvalue weighted by atomic mass is 32.3. The van der Waals surface area contributed by atoms with Gasteiger partial charge in [-0.05, 0) is 18.6 Å². The van der Waals surface area contributed by atoms with Crippen molar-refractivity contribution in [3.63, 3.8) is 0 Å². The Morgan fingerprint density at radius 1 is 1.26 bits per heavy atom. The lowest BCUT2D eigenvalue weighted by Crippen LogP contribution is -2.10. The van der Waals surface area contributed by atoms with Crippen LogP contribution in [0.4, 0.5) is 0 Å². The van der Waals surface area contributed by atoms with Crippen molar-refractivity contribution in [3.8, 4) is 0 Å². The molecule has 2 N–H and O–H groups in total. The Labute approximate surface area is 115 Å². The fourth-order valence-corrected chi connectivity index (χ4v) is 4.81. The van der Waals surface area contributed by atoms with Crippen molar-refractivity contribution < 1.29 is 26.4 Å². The van der Waals surface area contributed by atoms with Crippen LogP contribution in [0, 0.1) is 0 Å². The Balaban J connectivity index is 2.73. The maximum atomic E-state index is 11.9. The van der Waals surface area contributed by atoms with Gasteiger partial charge in [0.15, 0.2) is 9.84 Å². The van der Waals surface area contributed by atoms with E-state index in [1.54, 1.807) is 0 Å².